The first kappa shape index (κ1) is 22.9. The Labute approximate surface area is 207 Å². The number of nitrogens with zero attached hydrogens (tertiary/aromatic N) is 3. The number of hydrogen-bond acceptors (Lipinski definition) is 6. The van der Waals surface area contributed by atoms with E-state index in [1.54, 1.807) is 24.5 Å². The third kappa shape index (κ3) is 3.91. The molecule has 4 aromatic rings. The number of amides is 1. The summed E-state index contributed by atoms with van der Waals surface area (Å²) in [6.07, 6.45) is 3.24. The third-order valence-electron chi connectivity index (χ3n) is 6.29. The number of para-hydroxylation sites is 1. The molecule has 0 saturated carbocycles. The van der Waals surface area contributed by atoms with E-state index in [-0.39, 0.29) is 16.7 Å². The Hall–Kier alpha value is -3.84. The molecule has 1 amide bonds. The van der Waals surface area contributed by atoms with Crippen LogP contribution in [0.4, 0.5) is 5.13 Å². The van der Waals surface area contributed by atoms with Gasteiger partial charge in [-0.05, 0) is 53.3 Å². The molecule has 0 spiro atoms. The lowest BCUT2D eigenvalue weighted by Crippen LogP contribution is -2.29. The summed E-state index contributed by atoms with van der Waals surface area (Å²) in [5, 5.41) is 12.0. The van der Waals surface area contributed by atoms with Gasteiger partial charge in [-0.1, -0.05) is 62.4 Å². The van der Waals surface area contributed by atoms with E-state index in [9.17, 15) is 14.7 Å². The maximum Gasteiger partial charge on any atom is 0.301 e. The van der Waals surface area contributed by atoms with E-state index in [2.05, 4.69) is 30.7 Å². The van der Waals surface area contributed by atoms with Crippen LogP contribution in [0.25, 0.3) is 16.0 Å². The molecular formula is C28H25N3O3S. The SMILES string of the molecule is Cc1ccc(C(C)(C)C)cc1/C(O)=C1\C(=O)C(=O)N(c2nc3ccccc3s2)C1c1cccnc1. The van der Waals surface area contributed by atoms with Crippen molar-refractivity contribution in [2.75, 3.05) is 4.90 Å². The number of ketones is 1. The zero-order valence-corrected chi connectivity index (χ0v) is 20.8. The predicted octanol–water partition coefficient (Wildman–Crippen LogP) is 5.92. The fourth-order valence-corrected chi connectivity index (χ4v) is 5.33. The molecule has 1 saturated heterocycles. The number of aryl methyl sites for hydroxylation is 1. The molecular weight excluding hydrogens is 458 g/mol. The average molecular weight is 484 g/mol. The third-order valence-corrected chi connectivity index (χ3v) is 7.33. The highest BCUT2D eigenvalue weighted by atomic mass is 32.1. The van der Waals surface area contributed by atoms with Crippen LogP contribution in [-0.4, -0.2) is 26.8 Å². The molecule has 1 fully saturated rings. The van der Waals surface area contributed by atoms with Crippen LogP contribution in [0.2, 0.25) is 0 Å². The van der Waals surface area contributed by atoms with Crippen LogP contribution in [0, 0.1) is 6.92 Å². The minimum atomic E-state index is -0.845. The van der Waals surface area contributed by atoms with Gasteiger partial charge < -0.3 is 5.11 Å². The molecule has 0 radical (unpaired) electrons. The quantitative estimate of drug-likeness (QED) is 0.222. The number of Topliss-reactive ketones (excluding diaryl/α,β-unsaturated/α-hetero) is 1. The van der Waals surface area contributed by atoms with Gasteiger partial charge in [-0.25, -0.2) is 4.98 Å². The number of rotatable bonds is 3. The number of aliphatic hydroxyl groups is 1. The first-order valence-electron chi connectivity index (χ1n) is 11.3. The number of hydrogen-bond donors (Lipinski definition) is 1. The van der Waals surface area contributed by atoms with E-state index in [0.29, 0.717) is 16.3 Å². The minimum Gasteiger partial charge on any atom is -0.507 e. The van der Waals surface area contributed by atoms with Crippen molar-refractivity contribution in [2.45, 2.75) is 39.2 Å². The number of carbonyl (C=O) groups excluding carboxylic acids is 2. The van der Waals surface area contributed by atoms with E-state index in [4.69, 9.17) is 0 Å². The molecule has 35 heavy (non-hydrogen) atoms. The first-order chi connectivity index (χ1) is 16.7. The smallest absolute Gasteiger partial charge is 0.301 e. The Morgan fingerprint density at radius 1 is 1.06 bits per heavy atom. The number of thiazole rings is 1. The van der Waals surface area contributed by atoms with Crippen molar-refractivity contribution in [3.63, 3.8) is 0 Å². The van der Waals surface area contributed by atoms with Gasteiger partial charge in [-0.2, -0.15) is 0 Å². The number of carbonyl (C=O) groups is 2. The standard InChI is InChI=1S/C28H25N3O3S/c1-16-11-12-18(28(2,3)4)14-19(16)24(32)22-23(17-8-7-13-29-15-17)31(26(34)25(22)33)27-30-20-9-5-6-10-21(20)35-27/h5-15,23,32H,1-4H3/b24-22+. The zero-order chi connectivity index (χ0) is 24.9. The maximum atomic E-state index is 13.4. The summed E-state index contributed by atoms with van der Waals surface area (Å²) < 4.78 is 0.906. The second kappa shape index (κ2) is 8.43. The monoisotopic (exact) mass is 483 g/mol. The Morgan fingerprint density at radius 3 is 2.51 bits per heavy atom. The van der Waals surface area contributed by atoms with Gasteiger partial charge in [0.1, 0.15) is 5.76 Å². The molecule has 1 aliphatic heterocycles. The molecule has 0 bridgehead atoms. The van der Waals surface area contributed by atoms with Crippen LogP contribution in [0.5, 0.6) is 0 Å². The number of pyridine rings is 1. The topological polar surface area (TPSA) is 83.4 Å². The molecule has 2 aromatic heterocycles. The van der Waals surface area contributed by atoms with Gasteiger partial charge in [-0.3, -0.25) is 19.5 Å². The lowest BCUT2D eigenvalue weighted by atomic mass is 9.84. The minimum absolute atomic E-state index is 0.0383. The molecule has 1 aliphatic rings. The summed E-state index contributed by atoms with van der Waals surface area (Å²) in [7, 11) is 0. The molecule has 0 aliphatic carbocycles. The number of aromatic nitrogens is 2. The van der Waals surface area contributed by atoms with Crippen LogP contribution in [0.15, 0.2) is 72.6 Å². The molecule has 5 rings (SSSR count). The molecule has 1 atom stereocenters. The van der Waals surface area contributed by atoms with Crippen molar-refractivity contribution in [3.05, 3.63) is 94.8 Å². The Morgan fingerprint density at radius 2 is 1.83 bits per heavy atom. The molecule has 1 N–H and O–H groups in total. The second-order valence-corrected chi connectivity index (χ2v) is 10.7. The largest absolute Gasteiger partial charge is 0.507 e. The number of benzene rings is 2. The van der Waals surface area contributed by atoms with Gasteiger partial charge in [0.05, 0.1) is 21.8 Å². The summed E-state index contributed by atoms with van der Waals surface area (Å²) in [6, 6.07) is 16.1. The summed E-state index contributed by atoms with van der Waals surface area (Å²) in [6.45, 7) is 8.14. The van der Waals surface area contributed by atoms with E-state index in [1.165, 1.54) is 16.2 Å². The van der Waals surface area contributed by atoms with Crippen LogP contribution < -0.4 is 4.90 Å². The Bertz CT molecular complexity index is 1470. The normalized spacial score (nSPS) is 17.9. The van der Waals surface area contributed by atoms with E-state index < -0.39 is 17.7 Å². The Balaban J connectivity index is 1.74. The highest BCUT2D eigenvalue weighted by Crippen LogP contribution is 2.44. The fraction of sp³-hybridized carbons (Fsp3) is 0.214. The molecule has 3 heterocycles. The van der Waals surface area contributed by atoms with Crippen LogP contribution in [0.1, 0.15) is 49.1 Å². The van der Waals surface area contributed by atoms with Gasteiger partial charge in [-0.15, -0.1) is 0 Å². The summed E-state index contributed by atoms with van der Waals surface area (Å²) >= 11 is 1.33. The average Bonchev–Trinajstić information content (AvgIpc) is 3.37. The van der Waals surface area contributed by atoms with Gasteiger partial charge in [0.15, 0.2) is 5.13 Å². The lowest BCUT2D eigenvalue weighted by molar-refractivity contribution is -0.132. The van der Waals surface area contributed by atoms with Crippen molar-refractivity contribution >= 4 is 44.1 Å². The van der Waals surface area contributed by atoms with Crippen molar-refractivity contribution in [2.24, 2.45) is 0 Å². The zero-order valence-electron chi connectivity index (χ0n) is 19.9. The van der Waals surface area contributed by atoms with E-state index in [0.717, 1.165) is 21.3 Å². The van der Waals surface area contributed by atoms with E-state index >= 15 is 0 Å². The van der Waals surface area contributed by atoms with Crippen LogP contribution >= 0.6 is 11.3 Å². The molecule has 7 heteroatoms. The van der Waals surface area contributed by atoms with Gasteiger partial charge >= 0.3 is 5.91 Å². The van der Waals surface area contributed by atoms with E-state index in [1.807, 2.05) is 49.4 Å². The molecule has 2 aromatic carbocycles. The highest BCUT2D eigenvalue weighted by molar-refractivity contribution is 7.22. The number of anilines is 1. The second-order valence-electron chi connectivity index (χ2n) is 9.70. The van der Waals surface area contributed by atoms with Gasteiger partial charge in [0.2, 0.25) is 0 Å². The summed E-state index contributed by atoms with van der Waals surface area (Å²) in [4.78, 5) is 37.1. The van der Waals surface area contributed by atoms with Crippen LogP contribution in [0.3, 0.4) is 0 Å². The summed E-state index contributed by atoms with van der Waals surface area (Å²) in [5.74, 6) is -1.65. The van der Waals surface area contributed by atoms with Crippen molar-refractivity contribution in [3.8, 4) is 0 Å². The fourth-order valence-electron chi connectivity index (χ4n) is 4.33. The molecule has 176 valence electrons. The molecule has 1 unspecified atom stereocenters. The van der Waals surface area contributed by atoms with Crippen molar-refractivity contribution < 1.29 is 14.7 Å². The Kier molecular flexibility index (Phi) is 5.52. The van der Waals surface area contributed by atoms with Crippen molar-refractivity contribution in [1.29, 1.82) is 0 Å². The molecule has 6 nitrogen and oxygen atoms in total. The first-order valence-corrected chi connectivity index (χ1v) is 12.2. The summed E-state index contributed by atoms with van der Waals surface area (Å²) in [5.41, 5.74) is 3.61. The van der Waals surface area contributed by atoms with Gasteiger partial charge in [0, 0.05) is 18.0 Å². The number of aliphatic hydroxyl groups excluding tert-OH is 1. The highest BCUT2D eigenvalue weighted by Gasteiger charge is 2.48. The maximum absolute atomic E-state index is 13.4. The van der Waals surface area contributed by atoms with Crippen LogP contribution in [-0.2, 0) is 15.0 Å². The predicted molar refractivity (Wildman–Crippen MR) is 139 cm³/mol. The number of fused-ring (bicyclic) bond motifs is 1. The van der Waals surface area contributed by atoms with Crippen molar-refractivity contribution in [1.82, 2.24) is 9.97 Å². The lowest BCUT2D eigenvalue weighted by Gasteiger charge is -2.23. The van der Waals surface area contributed by atoms with Gasteiger partial charge in [0.25, 0.3) is 5.78 Å².